The minimum atomic E-state index is -3.56. The van der Waals surface area contributed by atoms with Gasteiger partial charge in [0, 0.05) is 18.2 Å². The summed E-state index contributed by atoms with van der Waals surface area (Å²) in [7, 11) is -3.56. The Morgan fingerprint density at radius 3 is 2.82 bits per heavy atom. The van der Waals surface area contributed by atoms with Gasteiger partial charge in [-0.05, 0) is 25.6 Å². The number of carbonyl (C=O) groups excluding carboxylic acids is 1. The highest BCUT2D eigenvalue weighted by Gasteiger charge is 2.30. The number of nitrogens with one attached hydrogen (secondary N) is 3. The predicted molar refractivity (Wildman–Crippen MR) is 84.3 cm³/mol. The van der Waals surface area contributed by atoms with Gasteiger partial charge in [0.05, 0.1) is 4.90 Å². The van der Waals surface area contributed by atoms with Gasteiger partial charge in [-0.25, -0.2) is 8.42 Å². The third kappa shape index (κ3) is 3.83. The van der Waals surface area contributed by atoms with Gasteiger partial charge in [-0.2, -0.15) is 0 Å². The summed E-state index contributed by atoms with van der Waals surface area (Å²) in [5.41, 5.74) is 0.497. The molecule has 120 valence electrons. The highest BCUT2D eigenvalue weighted by atomic mass is 32.2. The number of amides is 1. The van der Waals surface area contributed by atoms with Crippen LogP contribution in [-0.2, 0) is 14.8 Å². The SMILES string of the molecule is CCN[C@H](C)CNC(=O)CN=C1NS(=O)(=O)c2ccccc21. The zero-order valence-corrected chi connectivity index (χ0v) is 13.4. The monoisotopic (exact) mass is 324 g/mol. The van der Waals surface area contributed by atoms with Crippen molar-refractivity contribution in [1.82, 2.24) is 15.4 Å². The summed E-state index contributed by atoms with van der Waals surface area (Å²) < 4.78 is 26.2. The van der Waals surface area contributed by atoms with Gasteiger partial charge < -0.3 is 10.6 Å². The van der Waals surface area contributed by atoms with Crippen LogP contribution in [0.2, 0.25) is 0 Å². The van der Waals surface area contributed by atoms with Gasteiger partial charge in [0.1, 0.15) is 12.4 Å². The minimum absolute atomic E-state index is 0.120. The molecule has 0 saturated carbocycles. The van der Waals surface area contributed by atoms with Gasteiger partial charge in [0.15, 0.2) is 0 Å². The van der Waals surface area contributed by atoms with E-state index < -0.39 is 10.0 Å². The molecule has 1 heterocycles. The second-order valence-electron chi connectivity index (χ2n) is 5.03. The first-order valence-electron chi connectivity index (χ1n) is 7.10. The second kappa shape index (κ2) is 6.89. The first kappa shape index (κ1) is 16.4. The Balaban J connectivity index is 1.99. The molecule has 0 radical (unpaired) electrons. The molecule has 1 amide bonds. The van der Waals surface area contributed by atoms with Gasteiger partial charge in [-0.1, -0.05) is 19.1 Å². The van der Waals surface area contributed by atoms with Gasteiger partial charge in [0.25, 0.3) is 10.0 Å². The topological polar surface area (TPSA) is 99.7 Å². The molecule has 0 aliphatic carbocycles. The Morgan fingerprint density at radius 2 is 2.09 bits per heavy atom. The van der Waals surface area contributed by atoms with E-state index in [0.29, 0.717) is 12.1 Å². The summed E-state index contributed by atoms with van der Waals surface area (Å²) in [4.78, 5) is 16.0. The second-order valence-corrected chi connectivity index (χ2v) is 6.68. The summed E-state index contributed by atoms with van der Waals surface area (Å²) in [6.07, 6.45) is 0. The maximum absolute atomic E-state index is 11.9. The van der Waals surface area contributed by atoms with E-state index in [2.05, 4.69) is 20.3 Å². The number of fused-ring (bicyclic) bond motifs is 1. The molecule has 1 aliphatic heterocycles. The molecule has 0 saturated heterocycles. The molecular formula is C14H20N4O3S. The van der Waals surface area contributed by atoms with Crippen molar-refractivity contribution in [3.8, 4) is 0 Å². The molecular weight excluding hydrogens is 304 g/mol. The largest absolute Gasteiger partial charge is 0.353 e. The summed E-state index contributed by atoms with van der Waals surface area (Å²) in [5.74, 6) is -0.0358. The van der Waals surface area contributed by atoms with Crippen LogP contribution in [-0.4, -0.2) is 45.8 Å². The Morgan fingerprint density at radius 1 is 1.36 bits per heavy atom. The van der Waals surface area contributed by atoms with Gasteiger partial charge in [0.2, 0.25) is 5.91 Å². The number of benzene rings is 1. The molecule has 2 rings (SSSR count). The molecule has 8 heteroatoms. The highest BCUT2D eigenvalue weighted by Crippen LogP contribution is 2.21. The number of rotatable bonds is 6. The fourth-order valence-corrected chi connectivity index (χ4v) is 3.40. The molecule has 0 spiro atoms. The van der Waals surface area contributed by atoms with Crippen molar-refractivity contribution in [2.45, 2.75) is 24.8 Å². The van der Waals surface area contributed by atoms with Crippen molar-refractivity contribution in [2.75, 3.05) is 19.6 Å². The highest BCUT2D eigenvalue weighted by molar-refractivity contribution is 7.90. The van der Waals surface area contributed by atoms with Crippen molar-refractivity contribution in [1.29, 1.82) is 0 Å². The Hall–Kier alpha value is -1.93. The van der Waals surface area contributed by atoms with Crippen LogP contribution < -0.4 is 15.4 Å². The van der Waals surface area contributed by atoms with E-state index in [1.807, 2.05) is 13.8 Å². The van der Waals surface area contributed by atoms with E-state index >= 15 is 0 Å². The average molecular weight is 324 g/mol. The predicted octanol–water partition coefficient (Wildman–Crippen LogP) is -0.161. The van der Waals surface area contributed by atoms with Crippen LogP contribution in [0.25, 0.3) is 0 Å². The van der Waals surface area contributed by atoms with E-state index in [1.165, 1.54) is 6.07 Å². The number of sulfonamides is 1. The standard InChI is InChI=1S/C14H20N4O3S/c1-3-15-10(2)8-16-13(19)9-17-14-11-6-4-5-7-12(11)22(20,21)18-14/h4-7,10,15H,3,8-9H2,1-2H3,(H,16,19)(H,17,18)/t10-/m1/s1. The van der Waals surface area contributed by atoms with Crippen LogP contribution in [0.4, 0.5) is 0 Å². The molecule has 0 unspecified atom stereocenters. The zero-order valence-electron chi connectivity index (χ0n) is 12.6. The van der Waals surface area contributed by atoms with Crippen LogP contribution in [0.3, 0.4) is 0 Å². The van der Waals surface area contributed by atoms with Gasteiger partial charge in [-0.3, -0.25) is 14.5 Å². The summed E-state index contributed by atoms with van der Waals surface area (Å²) >= 11 is 0. The normalized spacial score (nSPS) is 18.5. The Bertz CT molecular complexity index is 685. The van der Waals surface area contributed by atoms with E-state index in [4.69, 9.17) is 0 Å². The van der Waals surface area contributed by atoms with Crippen molar-refractivity contribution in [3.05, 3.63) is 29.8 Å². The molecule has 1 aromatic carbocycles. The summed E-state index contributed by atoms with van der Waals surface area (Å²) in [6, 6.07) is 6.73. The van der Waals surface area contributed by atoms with Crippen LogP contribution >= 0.6 is 0 Å². The number of amidine groups is 1. The Labute approximate surface area is 130 Å². The number of hydrogen-bond acceptors (Lipinski definition) is 5. The lowest BCUT2D eigenvalue weighted by Gasteiger charge is -2.12. The molecule has 3 N–H and O–H groups in total. The molecule has 1 atom stereocenters. The smallest absolute Gasteiger partial charge is 0.263 e. The van der Waals surface area contributed by atoms with E-state index in [0.717, 1.165) is 6.54 Å². The number of carbonyl (C=O) groups is 1. The quantitative estimate of drug-likeness (QED) is 0.677. The lowest BCUT2D eigenvalue weighted by molar-refractivity contribution is -0.119. The maximum atomic E-state index is 11.9. The third-order valence-electron chi connectivity index (χ3n) is 3.20. The van der Waals surface area contributed by atoms with Gasteiger partial charge >= 0.3 is 0 Å². The van der Waals surface area contributed by atoms with Crippen molar-refractivity contribution < 1.29 is 13.2 Å². The van der Waals surface area contributed by atoms with E-state index in [9.17, 15) is 13.2 Å². The first-order chi connectivity index (χ1) is 10.4. The number of aliphatic imine (C=N–C) groups is 1. The summed E-state index contributed by atoms with van der Waals surface area (Å²) in [6.45, 7) is 5.17. The molecule has 0 aromatic heterocycles. The molecule has 1 aliphatic rings. The molecule has 0 bridgehead atoms. The van der Waals surface area contributed by atoms with Crippen LogP contribution in [0.1, 0.15) is 19.4 Å². The van der Waals surface area contributed by atoms with Crippen molar-refractivity contribution in [2.24, 2.45) is 4.99 Å². The lowest BCUT2D eigenvalue weighted by atomic mass is 10.2. The number of likely N-dealkylation sites (N-methyl/N-ethyl adjacent to an activating group) is 1. The number of nitrogens with zero attached hydrogens (tertiary/aromatic N) is 1. The minimum Gasteiger partial charge on any atom is -0.353 e. The molecule has 1 aromatic rings. The first-order valence-corrected chi connectivity index (χ1v) is 8.59. The number of hydrogen-bond donors (Lipinski definition) is 3. The molecule has 22 heavy (non-hydrogen) atoms. The van der Waals surface area contributed by atoms with E-state index in [-0.39, 0.29) is 29.2 Å². The molecule has 7 nitrogen and oxygen atoms in total. The fraction of sp³-hybridized carbons (Fsp3) is 0.429. The fourth-order valence-electron chi connectivity index (χ4n) is 2.15. The summed E-state index contributed by atoms with van der Waals surface area (Å²) in [5, 5.41) is 5.93. The van der Waals surface area contributed by atoms with E-state index in [1.54, 1.807) is 18.2 Å². The average Bonchev–Trinajstić information content (AvgIpc) is 2.75. The van der Waals surface area contributed by atoms with Crippen LogP contribution in [0.5, 0.6) is 0 Å². The third-order valence-corrected chi connectivity index (χ3v) is 4.60. The van der Waals surface area contributed by atoms with Crippen LogP contribution in [0, 0.1) is 0 Å². The van der Waals surface area contributed by atoms with Crippen molar-refractivity contribution >= 4 is 21.8 Å². The van der Waals surface area contributed by atoms with Crippen LogP contribution in [0.15, 0.2) is 34.2 Å². The lowest BCUT2D eigenvalue weighted by Crippen LogP contribution is -2.39. The Kier molecular flexibility index (Phi) is 5.15. The van der Waals surface area contributed by atoms with Crippen molar-refractivity contribution in [3.63, 3.8) is 0 Å². The molecule has 0 fully saturated rings. The zero-order chi connectivity index (χ0) is 16.2. The van der Waals surface area contributed by atoms with Gasteiger partial charge in [-0.15, -0.1) is 0 Å². The maximum Gasteiger partial charge on any atom is 0.263 e.